The van der Waals surface area contributed by atoms with Crippen molar-refractivity contribution in [3.05, 3.63) is 17.5 Å². The summed E-state index contributed by atoms with van der Waals surface area (Å²) in [4.78, 5) is 32.1. The third-order valence-electron chi connectivity index (χ3n) is 6.68. The highest BCUT2D eigenvalue weighted by Crippen LogP contribution is 2.27. The molecule has 7 heteroatoms. The lowest BCUT2D eigenvalue weighted by Crippen LogP contribution is -2.51. The molecule has 2 amide bonds. The molecular formula is C21H32N4O3. The van der Waals surface area contributed by atoms with Gasteiger partial charge in [0.05, 0.1) is 12.1 Å². The number of nitrogens with zero attached hydrogens (tertiary/aromatic N) is 4. The van der Waals surface area contributed by atoms with Crippen LogP contribution in [-0.4, -0.2) is 77.0 Å². The van der Waals surface area contributed by atoms with E-state index in [1.807, 2.05) is 11.8 Å². The fourth-order valence-electron chi connectivity index (χ4n) is 5.03. The van der Waals surface area contributed by atoms with E-state index in [1.165, 1.54) is 0 Å². The molecular weight excluding hydrogens is 356 g/mol. The van der Waals surface area contributed by atoms with E-state index < -0.39 is 0 Å². The monoisotopic (exact) mass is 388 g/mol. The lowest BCUT2D eigenvalue weighted by molar-refractivity contribution is -0.136. The Morgan fingerprint density at radius 2 is 1.79 bits per heavy atom. The normalized spacial score (nSPS) is 24.7. The van der Waals surface area contributed by atoms with Crippen molar-refractivity contribution >= 4 is 11.8 Å². The van der Waals surface area contributed by atoms with Gasteiger partial charge in [0.1, 0.15) is 11.3 Å². The highest BCUT2D eigenvalue weighted by Gasteiger charge is 2.35. The van der Waals surface area contributed by atoms with Crippen LogP contribution in [0.4, 0.5) is 0 Å². The van der Waals surface area contributed by atoms with Crippen LogP contribution < -0.4 is 0 Å². The molecule has 4 heterocycles. The maximum atomic E-state index is 12.8. The molecule has 28 heavy (non-hydrogen) atoms. The van der Waals surface area contributed by atoms with E-state index in [-0.39, 0.29) is 11.8 Å². The summed E-state index contributed by atoms with van der Waals surface area (Å²) in [6.45, 7) is 7.35. The molecule has 0 spiro atoms. The standard InChI is InChI=1S/C21H32N4O3/c1-2-19-18(14-22-28-19)21(27)24-12-7-17(8-13-24)25-11-5-6-16(15-25)20(26)23-9-3-4-10-23/h14,16-17H,2-13,15H2,1H3. The molecule has 7 nitrogen and oxygen atoms in total. The van der Waals surface area contributed by atoms with Crippen molar-refractivity contribution in [2.75, 3.05) is 39.3 Å². The van der Waals surface area contributed by atoms with E-state index in [1.54, 1.807) is 6.20 Å². The summed E-state index contributed by atoms with van der Waals surface area (Å²) >= 11 is 0. The minimum atomic E-state index is 0.0391. The number of hydrogen-bond donors (Lipinski definition) is 0. The summed E-state index contributed by atoms with van der Waals surface area (Å²) in [5, 5.41) is 3.79. The van der Waals surface area contributed by atoms with Crippen LogP contribution >= 0.6 is 0 Å². The van der Waals surface area contributed by atoms with E-state index >= 15 is 0 Å². The predicted molar refractivity (Wildman–Crippen MR) is 105 cm³/mol. The molecule has 3 saturated heterocycles. The average molecular weight is 389 g/mol. The zero-order valence-electron chi connectivity index (χ0n) is 16.9. The second-order valence-corrected chi connectivity index (χ2v) is 8.41. The van der Waals surface area contributed by atoms with Crippen LogP contribution in [0.5, 0.6) is 0 Å². The zero-order valence-corrected chi connectivity index (χ0v) is 16.9. The first-order chi connectivity index (χ1) is 13.7. The molecule has 0 radical (unpaired) electrons. The molecule has 1 aromatic rings. The van der Waals surface area contributed by atoms with Crippen molar-refractivity contribution in [3.63, 3.8) is 0 Å². The third-order valence-corrected chi connectivity index (χ3v) is 6.68. The minimum absolute atomic E-state index is 0.0391. The molecule has 0 saturated carbocycles. The van der Waals surface area contributed by atoms with E-state index in [0.29, 0.717) is 29.7 Å². The van der Waals surface area contributed by atoms with E-state index in [2.05, 4.69) is 15.0 Å². The number of aromatic nitrogens is 1. The largest absolute Gasteiger partial charge is 0.361 e. The summed E-state index contributed by atoms with van der Waals surface area (Å²) < 4.78 is 5.18. The number of carbonyl (C=O) groups excluding carboxylic acids is 2. The number of rotatable bonds is 4. The Morgan fingerprint density at radius 1 is 1.04 bits per heavy atom. The number of carbonyl (C=O) groups is 2. The van der Waals surface area contributed by atoms with Gasteiger partial charge in [-0.1, -0.05) is 12.1 Å². The van der Waals surface area contributed by atoms with Gasteiger partial charge in [-0.25, -0.2) is 0 Å². The highest BCUT2D eigenvalue weighted by molar-refractivity contribution is 5.94. The Bertz CT molecular complexity index is 690. The third kappa shape index (κ3) is 3.95. The van der Waals surface area contributed by atoms with Crippen LogP contribution in [0.2, 0.25) is 0 Å². The number of aryl methyl sites for hydroxylation is 1. The van der Waals surface area contributed by atoms with Crippen molar-refractivity contribution in [2.24, 2.45) is 5.92 Å². The van der Waals surface area contributed by atoms with Gasteiger partial charge in [-0.15, -0.1) is 0 Å². The van der Waals surface area contributed by atoms with Gasteiger partial charge in [0.2, 0.25) is 5.91 Å². The van der Waals surface area contributed by atoms with Crippen LogP contribution in [0.25, 0.3) is 0 Å². The molecule has 4 rings (SSSR count). The number of amides is 2. The molecule has 0 bridgehead atoms. The molecule has 3 fully saturated rings. The minimum Gasteiger partial charge on any atom is -0.361 e. The molecule has 0 aliphatic carbocycles. The highest BCUT2D eigenvalue weighted by atomic mass is 16.5. The smallest absolute Gasteiger partial charge is 0.259 e. The first kappa shape index (κ1) is 19.4. The molecule has 154 valence electrons. The predicted octanol–water partition coefficient (Wildman–Crippen LogP) is 2.18. The van der Waals surface area contributed by atoms with Gasteiger partial charge in [0.25, 0.3) is 5.91 Å². The van der Waals surface area contributed by atoms with Crippen molar-refractivity contribution in [1.82, 2.24) is 19.9 Å². The fraction of sp³-hybridized carbons (Fsp3) is 0.762. The van der Waals surface area contributed by atoms with Gasteiger partial charge in [-0.05, 0) is 45.1 Å². The lowest BCUT2D eigenvalue weighted by Gasteiger charge is -2.42. The van der Waals surface area contributed by atoms with E-state index in [4.69, 9.17) is 4.52 Å². The van der Waals surface area contributed by atoms with Crippen LogP contribution in [-0.2, 0) is 11.2 Å². The molecule has 1 unspecified atom stereocenters. The van der Waals surface area contributed by atoms with E-state index in [0.717, 1.165) is 77.8 Å². The summed E-state index contributed by atoms with van der Waals surface area (Å²) in [6.07, 6.45) is 8.61. The Hall–Kier alpha value is -1.89. The Balaban J connectivity index is 1.31. The zero-order chi connectivity index (χ0) is 19.5. The SMILES string of the molecule is CCc1oncc1C(=O)N1CCC(N2CCCC(C(=O)N3CCCC3)C2)CC1. The van der Waals surface area contributed by atoms with Crippen LogP contribution in [0.15, 0.2) is 10.7 Å². The van der Waals surface area contributed by atoms with Crippen LogP contribution in [0.1, 0.15) is 61.6 Å². The van der Waals surface area contributed by atoms with E-state index in [9.17, 15) is 9.59 Å². The Kier molecular flexibility index (Phi) is 5.99. The van der Waals surface area contributed by atoms with Crippen molar-refractivity contribution < 1.29 is 14.1 Å². The van der Waals surface area contributed by atoms with Crippen LogP contribution in [0.3, 0.4) is 0 Å². The first-order valence-corrected chi connectivity index (χ1v) is 10.9. The van der Waals surface area contributed by atoms with Gasteiger partial charge in [-0.3, -0.25) is 14.5 Å². The topological polar surface area (TPSA) is 69.9 Å². The average Bonchev–Trinajstić information content (AvgIpc) is 3.45. The van der Waals surface area contributed by atoms with Gasteiger partial charge in [0, 0.05) is 45.2 Å². The Labute approximate surface area is 167 Å². The van der Waals surface area contributed by atoms with Crippen molar-refractivity contribution in [1.29, 1.82) is 0 Å². The maximum Gasteiger partial charge on any atom is 0.259 e. The number of piperidine rings is 2. The number of likely N-dealkylation sites (tertiary alicyclic amines) is 3. The van der Waals surface area contributed by atoms with Gasteiger partial charge in [0.15, 0.2) is 0 Å². The van der Waals surface area contributed by atoms with Crippen molar-refractivity contribution in [2.45, 2.75) is 57.9 Å². The van der Waals surface area contributed by atoms with Gasteiger partial charge < -0.3 is 14.3 Å². The Morgan fingerprint density at radius 3 is 2.50 bits per heavy atom. The van der Waals surface area contributed by atoms with Crippen molar-refractivity contribution in [3.8, 4) is 0 Å². The molecule has 1 atom stereocenters. The molecule has 0 N–H and O–H groups in total. The fourth-order valence-corrected chi connectivity index (χ4v) is 5.03. The summed E-state index contributed by atoms with van der Waals surface area (Å²) in [6, 6.07) is 0.478. The first-order valence-electron chi connectivity index (χ1n) is 10.9. The maximum absolute atomic E-state index is 12.8. The van der Waals surface area contributed by atoms with Gasteiger partial charge in [-0.2, -0.15) is 0 Å². The summed E-state index contributed by atoms with van der Waals surface area (Å²) in [5.41, 5.74) is 0.607. The lowest BCUT2D eigenvalue weighted by atomic mass is 9.92. The van der Waals surface area contributed by atoms with Crippen LogP contribution in [0, 0.1) is 5.92 Å². The molecule has 1 aromatic heterocycles. The van der Waals surface area contributed by atoms with Gasteiger partial charge >= 0.3 is 0 Å². The quantitative estimate of drug-likeness (QED) is 0.791. The molecule has 3 aliphatic heterocycles. The molecule has 3 aliphatic rings. The second-order valence-electron chi connectivity index (χ2n) is 8.41. The number of hydrogen-bond acceptors (Lipinski definition) is 5. The molecule has 0 aromatic carbocycles. The second kappa shape index (κ2) is 8.64. The summed E-state index contributed by atoms with van der Waals surface area (Å²) in [7, 11) is 0. The summed E-state index contributed by atoms with van der Waals surface area (Å²) in [5.74, 6) is 1.24.